The summed E-state index contributed by atoms with van der Waals surface area (Å²) in [6.07, 6.45) is 5.31. The fourth-order valence-corrected chi connectivity index (χ4v) is 2.76. The zero-order valence-electron chi connectivity index (χ0n) is 14.1. The molecule has 1 rings (SSSR count). The summed E-state index contributed by atoms with van der Waals surface area (Å²) in [6.45, 7) is 7.94. The van der Waals surface area contributed by atoms with Crippen LogP contribution in [0.25, 0.3) is 0 Å². The van der Waals surface area contributed by atoms with Crippen molar-refractivity contribution >= 4 is 17.7 Å². The van der Waals surface area contributed by atoms with E-state index in [-0.39, 0.29) is 5.91 Å². The van der Waals surface area contributed by atoms with E-state index in [0.29, 0.717) is 12.5 Å². The van der Waals surface area contributed by atoms with Gasteiger partial charge in [-0.2, -0.15) is 0 Å². The van der Waals surface area contributed by atoms with Crippen LogP contribution in [0.3, 0.4) is 0 Å². The average molecular weight is 327 g/mol. The monoisotopic (exact) mass is 327 g/mol. The second-order valence-corrected chi connectivity index (χ2v) is 6.67. The van der Waals surface area contributed by atoms with Gasteiger partial charge in [0.15, 0.2) is 5.16 Å². The van der Waals surface area contributed by atoms with Gasteiger partial charge in [0.2, 0.25) is 5.91 Å². The molecule has 0 radical (unpaired) electrons. The molecular formula is C15H29N5OS. The van der Waals surface area contributed by atoms with E-state index in [9.17, 15) is 4.79 Å². The normalized spacial score (nSPS) is 12.6. The maximum atomic E-state index is 11.7. The molecule has 0 spiro atoms. The van der Waals surface area contributed by atoms with Crippen LogP contribution in [-0.4, -0.2) is 39.5 Å². The van der Waals surface area contributed by atoms with Gasteiger partial charge in [0.05, 0.1) is 6.04 Å². The molecule has 0 saturated carbocycles. The van der Waals surface area contributed by atoms with E-state index in [2.05, 4.69) is 33.9 Å². The van der Waals surface area contributed by atoms with Crippen LogP contribution in [0.1, 0.15) is 45.9 Å². The number of rotatable bonds is 10. The third-order valence-electron chi connectivity index (χ3n) is 3.34. The summed E-state index contributed by atoms with van der Waals surface area (Å²) >= 11 is 1.61. The quantitative estimate of drug-likeness (QED) is 0.506. The molecule has 22 heavy (non-hydrogen) atoms. The lowest BCUT2D eigenvalue weighted by atomic mass is 10.1. The molecule has 3 N–H and O–H groups in total. The Kier molecular flexibility index (Phi) is 8.48. The zero-order valence-corrected chi connectivity index (χ0v) is 14.9. The Labute approximate surface area is 137 Å². The number of aromatic nitrogens is 3. The molecule has 0 aliphatic carbocycles. The van der Waals surface area contributed by atoms with E-state index in [4.69, 9.17) is 5.73 Å². The fourth-order valence-electron chi connectivity index (χ4n) is 2.23. The van der Waals surface area contributed by atoms with Crippen LogP contribution in [0, 0.1) is 5.92 Å². The van der Waals surface area contributed by atoms with Crippen LogP contribution in [0.4, 0.5) is 0 Å². The van der Waals surface area contributed by atoms with E-state index in [1.54, 1.807) is 11.8 Å². The molecule has 6 nitrogen and oxygen atoms in total. The summed E-state index contributed by atoms with van der Waals surface area (Å²) in [4.78, 5) is 11.7. The first kappa shape index (κ1) is 19.0. The van der Waals surface area contributed by atoms with Gasteiger partial charge in [0.1, 0.15) is 5.82 Å². The van der Waals surface area contributed by atoms with Crippen LogP contribution < -0.4 is 11.1 Å². The summed E-state index contributed by atoms with van der Waals surface area (Å²) in [5, 5.41) is 12.3. The van der Waals surface area contributed by atoms with E-state index in [0.717, 1.165) is 43.2 Å². The highest BCUT2D eigenvalue weighted by Crippen LogP contribution is 2.16. The number of hydrogen-bond donors (Lipinski definition) is 2. The average Bonchev–Trinajstić information content (AvgIpc) is 2.85. The number of thioether (sulfide) groups is 1. The molecule has 1 unspecified atom stereocenters. The van der Waals surface area contributed by atoms with Crippen LogP contribution in [0.15, 0.2) is 5.16 Å². The third kappa shape index (κ3) is 5.96. The minimum Gasteiger partial charge on any atom is -0.355 e. The predicted molar refractivity (Wildman–Crippen MR) is 90.9 cm³/mol. The van der Waals surface area contributed by atoms with Crippen molar-refractivity contribution in [3.63, 3.8) is 0 Å². The third-order valence-corrected chi connectivity index (χ3v) is 4.00. The molecular weight excluding hydrogens is 298 g/mol. The number of nitrogens with two attached hydrogens (primary N) is 1. The van der Waals surface area contributed by atoms with Crippen molar-refractivity contribution in [2.75, 3.05) is 12.8 Å². The highest BCUT2D eigenvalue weighted by molar-refractivity contribution is 7.98. The Balaban J connectivity index is 2.45. The first-order chi connectivity index (χ1) is 10.5. The van der Waals surface area contributed by atoms with Crippen molar-refractivity contribution in [2.24, 2.45) is 11.7 Å². The van der Waals surface area contributed by atoms with Crippen molar-refractivity contribution in [1.82, 2.24) is 20.1 Å². The molecule has 0 saturated heterocycles. The molecule has 1 aromatic rings. The Morgan fingerprint density at radius 1 is 1.41 bits per heavy atom. The number of aryl methyl sites for hydroxylation is 1. The number of carbonyl (C=O) groups is 1. The van der Waals surface area contributed by atoms with E-state index < -0.39 is 6.04 Å². The van der Waals surface area contributed by atoms with Gasteiger partial charge >= 0.3 is 0 Å². The lowest BCUT2D eigenvalue weighted by Crippen LogP contribution is -2.40. The molecule has 0 bridgehead atoms. The zero-order chi connectivity index (χ0) is 16.5. The molecule has 126 valence electrons. The lowest BCUT2D eigenvalue weighted by Gasteiger charge is -2.13. The summed E-state index contributed by atoms with van der Waals surface area (Å²) in [6, 6.07) is -0.391. The molecule has 1 amide bonds. The Bertz CT molecular complexity index is 461. The SMILES string of the molecule is CCCC(N)C(=O)NCCCc1nnc(SC)n1CC(C)C. The molecule has 1 aromatic heterocycles. The van der Waals surface area contributed by atoms with Crippen molar-refractivity contribution in [3.8, 4) is 0 Å². The van der Waals surface area contributed by atoms with Crippen molar-refractivity contribution in [2.45, 2.75) is 64.2 Å². The summed E-state index contributed by atoms with van der Waals surface area (Å²) in [5.74, 6) is 1.48. The van der Waals surface area contributed by atoms with Crippen molar-refractivity contribution in [1.29, 1.82) is 0 Å². The van der Waals surface area contributed by atoms with Crippen LogP contribution in [0.5, 0.6) is 0 Å². The standard InChI is InChI=1S/C15H29N5OS/c1-5-7-12(16)14(21)17-9-6-8-13-18-19-15(22-4)20(13)10-11(2)3/h11-12H,5-10,16H2,1-4H3,(H,17,21). The number of nitrogens with zero attached hydrogens (tertiary/aromatic N) is 3. The second kappa shape index (κ2) is 9.84. The van der Waals surface area contributed by atoms with E-state index in [1.165, 1.54) is 0 Å². The maximum absolute atomic E-state index is 11.7. The summed E-state index contributed by atoms with van der Waals surface area (Å²) < 4.78 is 2.18. The van der Waals surface area contributed by atoms with Crippen LogP contribution in [0.2, 0.25) is 0 Å². The first-order valence-electron chi connectivity index (χ1n) is 7.98. The minimum absolute atomic E-state index is 0.0599. The number of hydrogen-bond acceptors (Lipinski definition) is 5. The van der Waals surface area contributed by atoms with Gasteiger partial charge in [-0.25, -0.2) is 0 Å². The van der Waals surface area contributed by atoms with Gasteiger partial charge < -0.3 is 15.6 Å². The van der Waals surface area contributed by atoms with Gasteiger partial charge in [-0.3, -0.25) is 4.79 Å². The van der Waals surface area contributed by atoms with Gasteiger partial charge in [0.25, 0.3) is 0 Å². The highest BCUT2D eigenvalue weighted by atomic mass is 32.2. The first-order valence-corrected chi connectivity index (χ1v) is 9.21. The van der Waals surface area contributed by atoms with Gasteiger partial charge in [-0.1, -0.05) is 39.0 Å². The second-order valence-electron chi connectivity index (χ2n) is 5.90. The predicted octanol–water partition coefficient (Wildman–Crippen LogP) is 1.83. The minimum atomic E-state index is -0.391. The molecule has 1 atom stereocenters. The number of carbonyl (C=O) groups excluding carboxylic acids is 1. The van der Waals surface area contributed by atoms with E-state index in [1.807, 2.05) is 13.2 Å². The van der Waals surface area contributed by atoms with Crippen molar-refractivity contribution in [3.05, 3.63) is 5.82 Å². The van der Waals surface area contributed by atoms with Gasteiger partial charge in [0, 0.05) is 19.5 Å². The van der Waals surface area contributed by atoms with Crippen LogP contribution >= 0.6 is 11.8 Å². The van der Waals surface area contributed by atoms with Crippen LogP contribution in [-0.2, 0) is 17.8 Å². The fraction of sp³-hybridized carbons (Fsp3) is 0.800. The van der Waals surface area contributed by atoms with E-state index >= 15 is 0 Å². The van der Waals surface area contributed by atoms with Crippen molar-refractivity contribution < 1.29 is 4.79 Å². The molecule has 0 aliphatic rings. The molecule has 0 aliphatic heterocycles. The Hall–Kier alpha value is -1.08. The molecule has 0 fully saturated rings. The maximum Gasteiger partial charge on any atom is 0.236 e. The Morgan fingerprint density at radius 3 is 2.73 bits per heavy atom. The topological polar surface area (TPSA) is 85.8 Å². The highest BCUT2D eigenvalue weighted by Gasteiger charge is 2.14. The summed E-state index contributed by atoms with van der Waals surface area (Å²) in [5.41, 5.74) is 5.78. The molecule has 1 heterocycles. The lowest BCUT2D eigenvalue weighted by molar-refractivity contribution is -0.122. The van der Waals surface area contributed by atoms with Gasteiger partial charge in [-0.05, 0) is 25.0 Å². The molecule has 0 aromatic carbocycles. The largest absolute Gasteiger partial charge is 0.355 e. The summed E-state index contributed by atoms with van der Waals surface area (Å²) in [7, 11) is 0. The number of nitrogens with one attached hydrogen (secondary N) is 1. The smallest absolute Gasteiger partial charge is 0.236 e. The molecule has 7 heteroatoms. The van der Waals surface area contributed by atoms with Gasteiger partial charge in [-0.15, -0.1) is 10.2 Å². The Morgan fingerprint density at radius 2 is 2.14 bits per heavy atom. The number of amides is 1.